The third kappa shape index (κ3) is 2.65. The minimum Gasteiger partial charge on any atom is -0.484 e. The van der Waals surface area contributed by atoms with Crippen LogP contribution in [0.1, 0.15) is 11.3 Å². The Kier molecular flexibility index (Phi) is 3.44. The molecule has 6 nitrogen and oxygen atoms in total. The van der Waals surface area contributed by atoms with Gasteiger partial charge in [0.1, 0.15) is 6.61 Å². The molecule has 8 heteroatoms. The molecule has 0 atom stereocenters. The fraction of sp³-hybridized carbons (Fsp3) is 0.0769. The van der Waals surface area contributed by atoms with Crippen LogP contribution < -0.4 is 10.5 Å². The number of thiazole rings is 1. The molecule has 108 valence electrons. The van der Waals surface area contributed by atoms with Gasteiger partial charge < -0.3 is 15.7 Å². The van der Waals surface area contributed by atoms with Crippen LogP contribution >= 0.6 is 11.3 Å². The number of ether oxygens (including phenoxy) is 1. The number of fused-ring (bicyclic) bond motifs is 1. The minimum absolute atomic E-state index is 0.0841. The second-order valence-corrected chi connectivity index (χ2v) is 5.12. The van der Waals surface area contributed by atoms with Crippen LogP contribution in [0.5, 0.6) is 5.75 Å². The van der Waals surface area contributed by atoms with E-state index in [4.69, 9.17) is 15.7 Å². The standard InChI is InChI=1S/C13H11FN4O2S/c14-10-5-8(12(15)17-19)1-2-11(10)20-7-9-6-18-3-4-21-13(18)16-9/h1-6,19H,7H2,(H2,15,17). The van der Waals surface area contributed by atoms with Crippen molar-refractivity contribution in [2.75, 3.05) is 0 Å². The number of aromatic nitrogens is 2. The molecule has 2 heterocycles. The van der Waals surface area contributed by atoms with Gasteiger partial charge in [-0.1, -0.05) is 5.16 Å². The predicted octanol–water partition coefficient (Wildman–Crippen LogP) is 2.21. The maximum absolute atomic E-state index is 13.9. The summed E-state index contributed by atoms with van der Waals surface area (Å²) in [7, 11) is 0. The fourth-order valence-corrected chi connectivity index (χ4v) is 2.55. The Morgan fingerprint density at radius 3 is 3.10 bits per heavy atom. The van der Waals surface area contributed by atoms with Crippen molar-refractivity contribution in [1.82, 2.24) is 9.38 Å². The molecule has 1 aromatic carbocycles. The lowest BCUT2D eigenvalue weighted by Gasteiger charge is -2.07. The van der Waals surface area contributed by atoms with Gasteiger partial charge in [0.2, 0.25) is 0 Å². The summed E-state index contributed by atoms with van der Waals surface area (Å²) in [6, 6.07) is 4.09. The van der Waals surface area contributed by atoms with Crippen LogP contribution in [0.25, 0.3) is 4.96 Å². The van der Waals surface area contributed by atoms with Gasteiger partial charge in [0.15, 0.2) is 22.4 Å². The summed E-state index contributed by atoms with van der Waals surface area (Å²) < 4.78 is 21.1. The average Bonchev–Trinajstić information content (AvgIpc) is 3.06. The fourth-order valence-electron chi connectivity index (χ4n) is 1.83. The highest BCUT2D eigenvalue weighted by Gasteiger charge is 2.09. The third-order valence-corrected chi connectivity index (χ3v) is 3.62. The van der Waals surface area contributed by atoms with Crippen LogP contribution in [-0.2, 0) is 6.61 Å². The zero-order valence-electron chi connectivity index (χ0n) is 10.7. The molecule has 0 bridgehead atoms. The van der Waals surface area contributed by atoms with Crippen LogP contribution in [0.3, 0.4) is 0 Å². The molecule has 0 saturated heterocycles. The number of oxime groups is 1. The molecule has 3 aromatic rings. The van der Waals surface area contributed by atoms with E-state index in [2.05, 4.69) is 10.1 Å². The summed E-state index contributed by atoms with van der Waals surface area (Å²) >= 11 is 1.51. The topological polar surface area (TPSA) is 85.1 Å². The normalized spacial score (nSPS) is 12.0. The first-order valence-corrected chi connectivity index (χ1v) is 6.86. The molecular formula is C13H11FN4O2S. The quantitative estimate of drug-likeness (QED) is 0.335. The molecule has 0 spiro atoms. The minimum atomic E-state index is -0.583. The number of halogens is 1. The predicted molar refractivity (Wildman–Crippen MR) is 76.3 cm³/mol. The summed E-state index contributed by atoms with van der Waals surface area (Å²) in [4.78, 5) is 5.20. The zero-order chi connectivity index (χ0) is 14.8. The Hall–Kier alpha value is -2.61. The number of benzene rings is 1. The highest BCUT2D eigenvalue weighted by atomic mass is 32.1. The molecule has 0 aliphatic heterocycles. The molecule has 2 aromatic heterocycles. The molecule has 0 amide bonds. The van der Waals surface area contributed by atoms with Gasteiger partial charge in [-0.15, -0.1) is 11.3 Å². The third-order valence-electron chi connectivity index (χ3n) is 2.85. The summed E-state index contributed by atoms with van der Waals surface area (Å²) in [5, 5.41) is 13.3. The molecule has 0 unspecified atom stereocenters. The van der Waals surface area contributed by atoms with Gasteiger partial charge >= 0.3 is 0 Å². The maximum atomic E-state index is 13.9. The van der Waals surface area contributed by atoms with Gasteiger partial charge in [-0.25, -0.2) is 9.37 Å². The Morgan fingerprint density at radius 1 is 1.52 bits per heavy atom. The smallest absolute Gasteiger partial charge is 0.193 e. The van der Waals surface area contributed by atoms with Gasteiger partial charge in [0, 0.05) is 23.3 Å². The molecule has 3 N–H and O–H groups in total. The summed E-state index contributed by atoms with van der Waals surface area (Å²) in [5.74, 6) is -0.657. The van der Waals surface area contributed by atoms with Crippen LogP contribution in [0.4, 0.5) is 4.39 Å². The van der Waals surface area contributed by atoms with Crippen molar-refractivity contribution in [3.8, 4) is 5.75 Å². The van der Waals surface area contributed by atoms with E-state index >= 15 is 0 Å². The Labute approximate surface area is 122 Å². The van der Waals surface area contributed by atoms with Crippen molar-refractivity contribution >= 4 is 22.1 Å². The first-order chi connectivity index (χ1) is 10.2. The number of rotatable bonds is 4. The Bertz CT molecular complexity index is 783. The SMILES string of the molecule is N/C(=N/O)c1ccc(OCc2cn3ccsc3n2)c(F)c1. The highest BCUT2D eigenvalue weighted by Crippen LogP contribution is 2.20. The van der Waals surface area contributed by atoms with Crippen molar-refractivity contribution in [1.29, 1.82) is 0 Å². The Balaban J connectivity index is 1.74. The van der Waals surface area contributed by atoms with Crippen LogP contribution in [0.15, 0.2) is 41.1 Å². The number of imidazole rings is 1. The van der Waals surface area contributed by atoms with Crippen molar-refractivity contribution in [2.45, 2.75) is 6.61 Å². The highest BCUT2D eigenvalue weighted by molar-refractivity contribution is 7.15. The van der Waals surface area contributed by atoms with E-state index in [9.17, 15) is 4.39 Å². The first-order valence-electron chi connectivity index (χ1n) is 5.98. The molecule has 0 radical (unpaired) electrons. The molecule has 21 heavy (non-hydrogen) atoms. The van der Waals surface area contributed by atoms with Crippen molar-refractivity contribution in [3.05, 3.63) is 53.0 Å². The first kappa shape index (κ1) is 13.4. The van der Waals surface area contributed by atoms with E-state index in [-0.39, 0.29) is 23.8 Å². The summed E-state index contributed by atoms with van der Waals surface area (Å²) in [6.07, 6.45) is 3.72. The summed E-state index contributed by atoms with van der Waals surface area (Å²) in [6.45, 7) is 0.161. The monoisotopic (exact) mass is 306 g/mol. The second-order valence-electron chi connectivity index (χ2n) is 4.24. The maximum Gasteiger partial charge on any atom is 0.193 e. The molecule has 0 saturated carbocycles. The van der Waals surface area contributed by atoms with Crippen LogP contribution in [0.2, 0.25) is 0 Å². The number of hydrogen-bond acceptors (Lipinski definition) is 5. The zero-order valence-corrected chi connectivity index (χ0v) is 11.5. The van der Waals surface area contributed by atoms with Crippen molar-refractivity contribution in [2.24, 2.45) is 10.9 Å². The van der Waals surface area contributed by atoms with Gasteiger partial charge in [-0.3, -0.25) is 4.40 Å². The number of nitrogens with zero attached hydrogens (tertiary/aromatic N) is 3. The molecular weight excluding hydrogens is 295 g/mol. The average molecular weight is 306 g/mol. The van der Waals surface area contributed by atoms with E-state index in [1.54, 1.807) is 0 Å². The molecule has 0 fully saturated rings. The summed E-state index contributed by atoms with van der Waals surface area (Å²) in [5.41, 5.74) is 6.38. The molecule has 3 rings (SSSR count). The van der Waals surface area contributed by atoms with E-state index in [1.807, 2.05) is 22.2 Å². The van der Waals surface area contributed by atoms with Gasteiger partial charge in [0.05, 0.1) is 5.69 Å². The molecule has 0 aliphatic carbocycles. The lowest BCUT2D eigenvalue weighted by molar-refractivity contribution is 0.286. The van der Waals surface area contributed by atoms with E-state index in [1.165, 1.54) is 23.5 Å². The number of hydrogen-bond donors (Lipinski definition) is 2. The van der Waals surface area contributed by atoms with Gasteiger partial charge in [-0.05, 0) is 18.2 Å². The number of amidine groups is 1. The van der Waals surface area contributed by atoms with Crippen LogP contribution in [0, 0.1) is 5.82 Å². The van der Waals surface area contributed by atoms with Crippen LogP contribution in [-0.4, -0.2) is 20.4 Å². The number of nitrogens with two attached hydrogens (primary N) is 1. The van der Waals surface area contributed by atoms with E-state index < -0.39 is 5.82 Å². The van der Waals surface area contributed by atoms with Crippen molar-refractivity contribution < 1.29 is 14.3 Å². The second kappa shape index (κ2) is 5.41. The van der Waals surface area contributed by atoms with Gasteiger partial charge in [0.25, 0.3) is 0 Å². The van der Waals surface area contributed by atoms with Gasteiger partial charge in [-0.2, -0.15) is 0 Å². The lowest BCUT2D eigenvalue weighted by atomic mass is 10.2. The van der Waals surface area contributed by atoms with E-state index in [0.29, 0.717) is 5.69 Å². The largest absolute Gasteiger partial charge is 0.484 e. The lowest BCUT2D eigenvalue weighted by Crippen LogP contribution is -2.13. The van der Waals surface area contributed by atoms with E-state index in [0.717, 1.165) is 11.0 Å². The molecule has 0 aliphatic rings. The Morgan fingerprint density at radius 2 is 2.38 bits per heavy atom. The van der Waals surface area contributed by atoms with Crippen molar-refractivity contribution in [3.63, 3.8) is 0 Å².